The maximum atomic E-state index is 12.9. The lowest BCUT2D eigenvalue weighted by Crippen LogP contribution is -2.36. The van der Waals surface area contributed by atoms with Crippen molar-refractivity contribution in [2.24, 2.45) is 0 Å². The average Bonchev–Trinajstić information content (AvgIpc) is 2.75. The molecule has 1 unspecified atom stereocenters. The number of nitrogens with one attached hydrogen (secondary N) is 1. The van der Waals surface area contributed by atoms with Gasteiger partial charge in [-0.25, -0.2) is 4.90 Å². The van der Waals surface area contributed by atoms with E-state index in [2.05, 4.69) is 23.5 Å². The monoisotopic (exact) mass is 402 g/mol. The van der Waals surface area contributed by atoms with Gasteiger partial charge in [0.25, 0.3) is 5.91 Å². The summed E-state index contributed by atoms with van der Waals surface area (Å²) in [6.07, 6.45) is 6.04. The molecule has 2 aromatic carbocycles. The molecule has 0 saturated heterocycles. The summed E-state index contributed by atoms with van der Waals surface area (Å²) >= 11 is 0. The summed E-state index contributed by atoms with van der Waals surface area (Å²) in [5.74, 6) is -1.16. The second-order valence-electron chi connectivity index (χ2n) is 7.54. The molecule has 1 aliphatic rings. The highest BCUT2D eigenvalue weighted by molar-refractivity contribution is 6.21. The Labute approximate surface area is 177 Å². The predicted octanol–water partition coefficient (Wildman–Crippen LogP) is 3.79. The van der Waals surface area contributed by atoms with Gasteiger partial charge in [-0.2, -0.15) is 5.26 Å². The Hall–Kier alpha value is -3.59. The zero-order valence-corrected chi connectivity index (χ0v) is 17.3. The number of anilines is 2. The van der Waals surface area contributed by atoms with E-state index >= 15 is 0 Å². The molecule has 3 N–H and O–H groups in total. The molecule has 0 spiro atoms. The fourth-order valence-corrected chi connectivity index (χ4v) is 3.66. The van der Waals surface area contributed by atoms with Gasteiger partial charge < -0.3 is 11.1 Å². The Kier molecular flexibility index (Phi) is 6.53. The number of benzene rings is 2. The van der Waals surface area contributed by atoms with E-state index in [9.17, 15) is 14.9 Å². The molecule has 0 fully saturated rings. The van der Waals surface area contributed by atoms with Crippen LogP contribution in [-0.4, -0.2) is 11.8 Å². The second-order valence-corrected chi connectivity index (χ2v) is 7.54. The van der Waals surface area contributed by atoms with E-state index in [0.717, 1.165) is 23.3 Å². The van der Waals surface area contributed by atoms with Gasteiger partial charge in [0.2, 0.25) is 5.91 Å². The van der Waals surface area contributed by atoms with Crippen LogP contribution in [0.2, 0.25) is 0 Å². The van der Waals surface area contributed by atoms with Gasteiger partial charge in [-0.3, -0.25) is 9.59 Å². The minimum atomic E-state index is -0.681. The first-order chi connectivity index (χ1) is 14.4. The Morgan fingerprint density at radius 3 is 2.43 bits per heavy atom. The van der Waals surface area contributed by atoms with Crippen LogP contribution in [-0.2, 0) is 22.4 Å². The highest BCUT2D eigenvalue weighted by Gasteiger charge is 2.24. The molecule has 30 heavy (non-hydrogen) atoms. The molecule has 3 rings (SSSR count). The van der Waals surface area contributed by atoms with Crippen molar-refractivity contribution in [1.29, 1.82) is 5.26 Å². The number of fused-ring (bicyclic) bond motifs is 1. The maximum Gasteiger partial charge on any atom is 0.277 e. The molecule has 1 aliphatic carbocycles. The Bertz CT molecular complexity index is 1020. The van der Waals surface area contributed by atoms with E-state index < -0.39 is 11.8 Å². The quantitative estimate of drug-likeness (QED) is 0.450. The fraction of sp³-hybridized carbons (Fsp3) is 0.292. The summed E-state index contributed by atoms with van der Waals surface area (Å²) in [5, 5.41) is 12.7. The third kappa shape index (κ3) is 4.69. The van der Waals surface area contributed by atoms with E-state index in [-0.39, 0.29) is 11.6 Å². The largest absolute Gasteiger partial charge is 0.399 e. The number of amides is 2. The van der Waals surface area contributed by atoms with Crippen LogP contribution in [0.25, 0.3) is 0 Å². The normalized spacial score (nSPS) is 14.2. The second kappa shape index (κ2) is 9.27. The van der Waals surface area contributed by atoms with Crippen LogP contribution in [0.4, 0.5) is 11.4 Å². The van der Waals surface area contributed by atoms with Crippen LogP contribution >= 0.6 is 0 Å². The third-order valence-corrected chi connectivity index (χ3v) is 5.37. The first-order valence-electron chi connectivity index (χ1n) is 10.1. The third-order valence-electron chi connectivity index (χ3n) is 5.37. The highest BCUT2D eigenvalue weighted by atomic mass is 16.2. The van der Waals surface area contributed by atoms with Gasteiger partial charge in [0, 0.05) is 24.9 Å². The van der Waals surface area contributed by atoms with E-state index in [1.165, 1.54) is 37.1 Å². The van der Waals surface area contributed by atoms with Gasteiger partial charge in [-0.05, 0) is 73.6 Å². The van der Waals surface area contributed by atoms with Gasteiger partial charge in [-0.15, -0.1) is 0 Å². The van der Waals surface area contributed by atoms with Crippen molar-refractivity contribution in [1.82, 2.24) is 5.32 Å². The number of nitrogens with two attached hydrogens (primary N) is 1. The van der Waals surface area contributed by atoms with E-state index in [0.29, 0.717) is 11.4 Å². The first-order valence-corrected chi connectivity index (χ1v) is 10.1. The summed E-state index contributed by atoms with van der Waals surface area (Å²) in [4.78, 5) is 26.0. The summed E-state index contributed by atoms with van der Waals surface area (Å²) in [7, 11) is 0. The predicted molar refractivity (Wildman–Crippen MR) is 117 cm³/mol. The van der Waals surface area contributed by atoms with E-state index in [1.54, 1.807) is 24.3 Å². The number of rotatable bonds is 5. The summed E-state index contributed by atoms with van der Waals surface area (Å²) in [5.41, 5.74) is 10.3. The molecule has 2 amide bonds. The highest BCUT2D eigenvalue weighted by Crippen LogP contribution is 2.25. The summed E-state index contributed by atoms with van der Waals surface area (Å²) in [6.45, 7) is 3.26. The minimum Gasteiger partial charge on any atom is -0.399 e. The lowest BCUT2D eigenvalue weighted by Gasteiger charge is -2.21. The Morgan fingerprint density at radius 1 is 1.13 bits per heavy atom. The molecule has 6 nitrogen and oxygen atoms in total. The molecule has 0 aromatic heterocycles. The zero-order chi connectivity index (χ0) is 21.7. The molecule has 0 saturated carbocycles. The number of hydrogen-bond acceptors (Lipinski definition) is 5. The van der Waals surface area contributed by atoms with Crippen LogP contribution in [0.15, 0.2) is 54.2 Å². The van der Waals surface area contributed by atoms with Gasteiger partial charge in [0.1, 0.15) is 11.6 Å². The molecule has 6 heteroatoms. The number of aryl methyl sites for hydroxylation is 2. The minimum absolute atomic E-state index is 0.0873. The van der Waals surface area contributed by atoms with Crippen molar-refractivity contribution in [2.45, 2.75) is 45.6 Å². The SMILES string of the molecule is CC(=O)N(C(=O)/C(C#N)=C\NC(C)c1ccc2c(c1)CCCC2)c1ccc(N)cc1. The molecule has 1 atom stereocenters. The van der Waals surface area contributed by atoms with E-state index in [1.807, 2.05) is 13.0 Å². The van der Waals surface area contributed by atoms with Gasteiger partial charge in [0.05, 0.1) is 5.69 Å². The van der Waals surface area contributed by atoms with Gasteiger partial charge in [-0.1, -0.05) is 18.2 Å². The average molecular weight is 402 g/mol. The number of nitrogen functional groups attached to an aromatic ring is 1. The standard InChI is InChI=1S/C24H26N4O2/c1-16(19-8-7-18-5-3-4-6-20(18)13-19)27-15-21(14-25)24(30)28(17(2)29)23-11-9-22(26)10-12-23/h7-13,15-16,27H,3-6,26H2,1-2H3/b21-15-. The van der Waals surface area contributed by atoms with Gasteiger partial charge >= 0.3 is 0 Å². The topological polar surface area (TPSA) is 99.2 Å². The number of hydrogen-bond donors (Lipinski definition) is 2. The molecule has 154 valence electrons. The molecular formula is C24H26N4O2. The zero-order valence-electron chi connectivity index (χ0n) is 17.3. The van der Waals surface area contributed by atoms with Crippen molar-refractivity contribution in [3.8, 4) is 6.07 Å². The van der Waals surface area contributed by atoms with Crippen LogP contribution in [0, 0.1) is 11.3 Å². The van der Waals surface area contributed by atoms with Crippen LogP contribution in [0.5, 0.6) is 0 Å². The van der Waals surface area contributed by atoms with Crippen LogP contribution < -0.4 is 16.0 Å². The molecule has 0 bridgehead atoms. The smallest absolute Gasteiger partial charge is 0.277 e. The van der Waals surface area contributed by atoms with E-state index in [4.69, 9.17) is 5.73 Å². The van der Waals surface area contributed by atoms with Crippen molar-refractivity contribution in [3.63, 3.8) is 0 Å². The first kappa shape index (κ1) is 21.1. The van der Waals surface area contributed by atoms with Crippen molar-refractivity contribution < 1.29 is 9.59 Å². The molecule has 0 heterocycles. The Morgan fingerprint density at radius 2 is 1.80 bits per heavy atom. The molecular weight excluding hydrogens is 376 g/mol. The summed E-state index contributed by atoms with van der Waals surface area (Å²) < 4.78 is 0. The van der Waals surface area contributed by atoms with Crippen molar-refractivity contribution in [3.05, 3.63) is 70.9 Å². The number of imide groups is 1. The molecule has 0 aliphatic heterocycles. The fourth-order valence-electron chi connectivity index (χ4n) is 3.66. The number of carbonyl (C=O) groups excluding carboxylic acids is 2. The Balaban J connectivity index is 1.78. The number of nitriles is 1. The van der Waals surface area contributed by atoms with Crippen LogP contribution in [0.3, 0.4) is 0 Å². The molecule has 2 aromatic rings. The lowest BCUT2D eigenvalue weighted by atomic mass is 9.89. The summed E-state index contributed by atoms with van der Waals surface area (Å²) in [6, 6.07) is 14.6. The number of carbonyl (C=O) groups is 2. The van der Waals surface area contributed by atoms with Crippen LogP contribution in [0.1, 0.15) is 49.4 Å². The lowest BCUT2D eigenvalue weighted by molar-refractivity contribution is -0.123. The van der Waals surface area contributed by atoms with Gasteiger partial charge in [0.15, 0.2) is 0 Å². The number of nitrogens with zero attached hydrogens (tertiary/aromatic N) is 2. The van der Waals surface area contributed by atoms with Crippen molar-refractivity contribution >= 4 is 23.2 Å². The molecule has 0 radical (unpaired) electrons. The maximum absolute atomic E-state index is 12.9. The van der Waals surface area contributed by atoms with Crippen molar-refractivity contribution in [2.75, 3.05) is 10.6 Å².